The molecule has 0 unspecified atom stereocenters. The van der Waals surface area contributed by atoms with Crippen LogP contribution in [0.25, 0.3) is 82.8 Å². The van der Waals surface area contributed by atoms with Crippen LogP contribution in [0.15, 0.2) is 243 Å². The van der Waals surface area contributed by atoms with Gasteiger partial charge in [0.25, 0.3) is 0 Å². The Kier molecular flexibility index (Phi) is 8.87. The van der Waals surface area contributed by atoms with E-state index in [1.807, 2.05) is 0 Å². The molecule has 0 fully saturated rings. The van der Waals surface area contributed by atoms with Crippen molar-refractivity contribution in [2.75, 3.05) is 4.90 Å². The molecule has 1 heterocycles. The summed E-state index contributed by atoms with van der Waals surface area (Å²) < 4.78 is 2.41. The van der Waals surface area contributed by atoms with Gasteiger partial charge in [-0.1, -0.05) is 188 Å². The van der Waals surface area contributed by atoms with Crippen LogP contribution in [0.3, 0.4) is 0 Å². The lowest BCUT2D eigenvalue weighted by Crippen LogP contribution is -2.12. The van der Waals surface area contributed by atoms with E-state index in [-0.39, 0.29) is 0 Å². The molecular weight excluding hydrogens is 725 g/mol. The highest BCUT2D eigenvalue weighted by Crippen LogP contribution is 2.48. The van der Waals surface area contributed by atoms with Gasteiger partial charge in [-0.15, -0.1) is 0 Å². The fraction of sp³-hybridized carbons (Fsp3) is 0. The number of para-hydroxylation sites is 4. The molecule has 0 N–H and O–H groups in total. The van der Waals surface area contributed by atoms with Crippen molar-refractivity contribution in [2.45, 2.75) is 0 Å². The number of aromatic nitrogens is 1. The molecule has 60 heavy (non-hydrogen) atoms. The summed E-state index contributed by atoms with van der Waals surface area (Å²) in [6.45, 7) is 0. The summed E-state index contributed by atoms with van der Waals surface area (Å²) in [7, 11) is 0. The summed E-state index contributed by atoms with van der Waals surface area (Å²) in [6.07, 6.45) is 0. The fourth-order valence-electron chi connectivity index (χ4n) is 9.07. The fourth-order valence-corrected chi connectivity index (χ4v) is 9.07. The van der Waals surface area contributed by atoms with E-state index in [9.17, 15) is 0 Å². The molecule has 0 aliphatic heterocycles. The maximum atomic E-state index is 2.43. The number of benzene rings is 10. The lowest BCUT2D eigenvalue weighted by molar-refractivity contribution is 1.19. The van der Waals surface area contributed by atoms with Gasteiger partial charge in [-0.25, -0.2) is 0 Å². The minimum atomic E-state index is 1.09. The van der Waals surface area contributed by atoms with Gasteiger partial charge in [-0.2, -0.15) is 0 Å². The van der Waals surface area contributed by atoms with Crippen LogP contribution in [0.4, 0.5) is 17.1 Å². The highest BCUT2D eigenvalue weighted by molar-refractivity contribution is 6.11. The summed E-state index contributed by atoms with van der Waals surface area (Å²) in [5.41, 5.74) is 16.3. The van der Waals surface area contributed by atoms with Crippen molar-refractivity contribution < 1.29 is 0 Å². The molecule has 10 aromatic carbocycles. The Balaban J connectivity index is 1.09. The zero-order valence-corrected chi connectivity index (χ0v) is 33.0. The minimum Gasteiger partial charge on any atom is -0.309 e. The third kappa shape index (κ3) is 6.14. The van der Waals surface area contributed by atoms with Crippen molar-refractivity contribution in [3.63, 3.8) is 0 Å². The lowest BCUT2D eigenvalue weighted by Gasteiger charge is -2.30. The van der Waals surface area contributed by atoms with Gasteiger partial charge in [-0.3, -0.25) is 0 Å². The van der Waals surface area contributed by atoms with Crippen LogP contribution >= 0.6 is 0 Å². The van der Waals surface area contributed by atoms with Crippen molar-refractivity contribution in [2.24, 2.45) is 0 Å². The lowest BCUT2D eigenvalue weighted by atomic mass is 9.91. The van der Waals surface area contributed by atoms with Crippen LogP contribution in [0.5, 0.6) is 0 Å². The number of anilines is 3. The molecule has 0 atom stereocenters. The third-order valence-electron chi connectivity index (χ3n) is 11.8. The van der Waals surface area contributed by atoms with Crippen molar-refractivity contribution in [3.8, 4) is 50.2 Å². The number of fused-ring (bicyclic) bond motifs is 4. The highest BCUT2D eigenvalue weighted by Gasteiger charge is 2.23. The van der Waals surface area contributed by atoms with Crippen LogP contribution in [-0.4, -0.2) is 4.57 Å². The molecule has 0 spiro atoms. The first kappa shape index (κ1) is 35.2. The van der Waals surface area contributed by atoms with Crippen LogP contribution in [0.2, 0.25) is 0 Å². The number of hydrogen-bond acceptors (Lipinski definition) is 1. The van der Waals surface area contributed by atoms with Crippen LogP contribution in [0.1, 0.15) is 0 Å². The van der Waals surface area contributed by atoms with Gasteiger partial charge in [0.1, 0.15) is 0 Å². The average molecular weight is 765 g/mol. The van der Waals surface area contributed by atoms with Gasteiger partial charge >= 0.3 is 0 Å². The molecule has 2 nitrogen and oxygen atoms in total. The van der Waals surface area contributed by atoms with E-state index in [2.05, 4.69) is 252 Å². The molecule has 11 aromatic rings. The predicted molar refractivity (Wildman–Crippen MR) is 255 cm³/mol. The number of hydrogen-bond donors (Lipinski definition) is 0. The second kappa shape index (κ2) is 15.1. The van der Waals surface area contributed by atoms with E-state index >= 15 is 0 Å². The Labute approximate surface area is 350 Å². The van der Waals surface area contributed by atoms with Gasteiger partial charge in [0.15, 0.2) is 0 Å². The molecule has 0 amide bonds. The number of nitrogens with zero attached hydrogens (tertiary/aromatic N) is 2. The first-order valence-electron chi connectivity index (χ1n) is 20.6. The Bertz CT molecular complexity index is 3320. The molecule has 282 valence electrons. The molecule has 0 aliphatic carbocycles. The van der Waals surface area contributed by atoms with E-state index in [1.54, 1.807) is 0 Å². The van der Waals surface area contributed by atoms with Gasteiger partial charge in [0, 0.05) is 33.3 Å². The second-order valence-electron chi connectivity index (χ2n) is 15.3. The van der Waals surface area contributed by atoms with Gasteiger partial charge < -0.3 is 9.47 Å². The maximum absolute atomic E-state index is 2.43. The highest BCUT2D eigenvalue weighted by atomic mass is 15.1. The summed E-state index contributed by atoms with van der Waals surface area (Å²) in [6, 6.07) is 87.9. The molecule has 0 aliphatic rings. The summed E-state index contributed by atoms with van der Waals surface area (Å²) in [5, 5.41) is 4.95. The topological polar surface area (TPSA) is 8.17 Å². The Morgan fingerprint density at radius 1 is 0.283 bits per heavy atom. The smallest absolute Gasteiger partial charge is 0.0541 e. The van der Waals surface area contributed by atoms with Crippen LogP contribution < -0.4 is 4.90 Å². The Morgan fingerprint density at radius 3 is 1.47 bits per heavy atom. The average Bonchev–Trinajstić information content (AvgIpc) is 3.66. The monoisotopic (exact) mass is 764 g/mol. The van der Waals surface area contributed by atoms with E-state index in [0.29, 0.717) is 0 Å². The van der Waals surface area contributed by atoms with Crippen molar-refractivity contribution in [1.29, 1.82) is 0 Å². The largest absolute Gasteiger partial charge is 0.309 e. The standard InChI is InChI=1S/C58H40N2/c1-3-20-42(21-4-1)47-25-9-11-27-49(47)51-29-13-16-32-55(51)59(45-23-5-2-6-24-45)56-33-17-14-30-52(56)50-28-12-10-26-48(50)44-36-38-58-54(40-44)53-31-15-18-34-57(53)60(58)46-37-35-41-19-7-8-22-43(41)39-46/h1-40H. The van der Waals surface area contributed by atoms with E-state index in [4.69, 9.17) is 0 Å². The quantitative estimate of drug-likeness (QED) is 0.150. The van der Waals surface area contributed by atoms with Gasteiger partial charge in [0.05, 0.1) is 22.4 Å². The first-order chi connectivity index (χ1) is 29.8. The summed E-state index contributed by atoms with van der Waals surface area (Å²) in [4.78, 5) is 2.43. The normalized spacial score (nSPS) is 11.3. The molecule has 0 saturated heterocycles. The van der Waals surface area contributed by atoms with Crippen LogP contribution in [-0.2, 0) is 0 Å². The molecule has 0 radical (unpaired) electrons. The predicted octanol–water partition coefficient (Wildman–Crippen LogP) is 16.1. The molecule has 0 saturated carbocycles. The SMILES string of the molecule is c1ccc(-c2ccccc2-c2ccccc2N(c2ccccc2)c2ccccc2-c2ccccc2-c2ccc3c(c2)c2ccccc2n3-c2ccc3ccccc3c2)cc1. The van der Waals surface area contributed by atoms with Crippen LogP contribution in [0, 0.1) is 0 Å². The molecule has 0 bridgehead atoms. The Morgan fingerprint density at radius 2 is 0.783 bits per heavy atom. The zero-order chi connectivity index (χ0) is 39.8. The van der Waals surface area contributed by atoms with Gasteiger partial charge in [0.2, 0.25) is 0 Å². The van der Waals surface area contributed by atoms with Gasteiger partial charge in [-0.05, 0) is 98.8 Å². The molecule has 1 aromatic heterocycles. The molecule has 11 rings (SSSR count). The van der Waals surface area contributed by atoms with E-state index in [0.717, 1.165) is 33.9 Å². The van der Waals surface area contributed by atoms with Crippen molar-refractivity contribution in [1.82, 2.24) is 4.57 Å². The zero-order valence-electron chi connectivity index (χ0n) is 33.0. The Hall–Kier alpha value is -7.94. The number of rotatable bonds is 8. The minimum absolute atomic E-state index is 1.09. The summed E-state index contributed by atoms with van der Waals surface area (Å²) in [5.74, 6) is 0. The van der Waals surface area contributed by atoms with E-state index < -0.39 is 0 Å². The van der Waals surface area contributed by atoms with Crippen molar-refractivity contribution >= 4 is 49.6 Å². The first-order valence-corrected chi connectivity index (χ1v) is 20.6. The molecule has 2 heteroatoms. The molecular formula is C58H40N2. The van der Waals surface area contributed by atoms with Crippen molar-refractivity contribution in [3.05, 3.63) is 243 Å². The second-order valence-corrected chi connectivity index (χ2v) is 15.3. The third-order valence-corrected chi connectivity index (χ3v) is 11.8. The van der Waals surface area contributed by atoms with E-state index in [1.165, 1.54) is 66.0 Å². The summed E-state index contributed by atoms with van der Waals surface area (Å²) >= 11 is 0. The maximum Gasteiger partial charge on any atom is 0.0541 e.